The molecule has 1 aliphatic carbocycles. The molecule has 2 fully saturated rings. The van der Waals surface area contributed by atoms with Crippen LogP contribution in [0.15, 0.2) is 66.5 Å². The molecule has 0 atom stereocenters. The van der Waals surface area contributed by atoms with Crippen LogP contribution in [0, 0.1) is 0 Å². The Hall–Kier alpha value is -2.92. The maximum absolute atomic E-state index is 12.7. The molecule has 0 spiro atoms. The van der Waals surface area contributed by atoms with Crippen molar-refractivity contribution < 1.29 is 4.79 Å². The molecule has 134 valence electrons. The summed E-state index contributed by atoms with van der Waals surface area (Å²) in [6.07, 6.45) is 6.12. The normalized spacial score (nSPS) is 18.5. The minimum atomic E-state index is -0.0117. The second-order valence-electron chi connectivity index (χ2n) is 7.11. The summed E-state index contributed by atoms with van der Waals surface area (Å²) < 4.78 is 2.23. The van der Waals surface area contributed by atoms with Gasteiger partial charge in [-0.15, -0.1) is 0 Å². The molecule has 2 aliphatic rings. The molecule has 1 amide bonds. The summed E-state index contributed by atoms with van der Waals surface area (Å²) in [4.78, 5) is 14.5. The van der Waals surface area contributed by atoms with Gasteiger partial charge in [0, 0.05) is 35.2 Å². The first-order valence-corrected chi connectivity index (χ1v) is 9.59. The number of aromatic nitrogens is 1. The minimum Gasteiger partial charge on any atom is -0.342 e. The number of fused-ring (bicyclic) bond motifs is 1. The van der Waals surface area contributed by atoms with Crippen molar-refractivity contribution in [1.82, 2.24) is 14.8 Å². The Morgan fingerprint density at radius 3 is 2.59 bits per heavy atom. The van der Waals surface area contributed by atoms with E-state index in [0.717, 1.165) is 35.9 Å². The molecule has 4 nitrogen and oxygen atoms in total. The smallest absolute Gasteiger partial charge is 0.276 e. The number of nitrogens with one attached hydrogen (secondary N) is 1. The fourth-order valence-corrected chi connectivity index (χ4v) is 4.01. The largest absolute Gasteiger partial charge is 0.342 e. The van der Waals surface area contributed by atoms with Crippen molar-refractivity contribution in [2.45, 2.75) is 25.4 Å². The summed E-state index contributed by atoms with van der Waals surface area (Å²) in [6.45, 7) is 0.790. The monoisotopic (exact) mass is 373 g/mol. The molecular weight excluding hydrogens is 354 g/mol. The van der Waals surface area contributed by atoms with Gasteiger partial charge in [0.1, 0.15) is 5.70 Å². The number of hydrogen-bond donors (Lipinski definition) is 1. The van der Waals surface area contributed by atoms with Crippen molar-refractivity contribution in [3.63, 3.8) is 0 Å². The number of para-hydroxylation sites is 1. The van der Waals surface area contributed by atoms with Crippen LogP contribution in [0.2, 0.25) is 0 Å². The van der Waals surface area contributed by atoms with Gasteiger partial charge >= 0.3 is 0 Å². The van der Waals surface area contributed by atoms with E-state index in [2.05, 4.69) is 52.5 Å². The van der Waals surface area contributed by atoms with Crippen LogP contribution >= 0.6 is 12.2 Å². The van der Waals surface area contributed by atoms with Crippen molar-refractivity contribution in [3.8, 4) is 0 Å². The van der Waals surface area contributed by atoms with Crippen molar-refractivity contribution in [3.05, 3.63) is 77.6 Å². The van der Waals surface area contributed by atoms with Gasteiger partial charge in [-0.1, -0.05) is 48.5 Å². The Morgan fingerprint density at radius 2 is 1.81 bits per heavy atom. The summed E-state index contributed by atoms with van der Waals surface area (Å²) in [5.41, 5.74) is 3.99. The first-order chi connectivity index (χ1) is 13.2. The highest BCUT2D eigenvalue weighted by atomic mass is 32.1. The number of rotatable bonds is 4. The first kappa shape index (κ1) is 16.3. The topological polar surface area (TPSA) is 37.3 Å². The Labute approximate surface area is 163 Å². The van der Waals surface area contributed by atoms with E-state index >= 15 is 0 Å². The van der Waals surface area contributed by atoms with Gasteiger partial charge in [-0.2, -0.15) is 0 Å². The van der Waals surface area contributed by atoms with Gasteiger partial charge in [-0.25, -0.2) is 0 Å². The van der Waals surface area contributed by atoms with Gasteiger partial charge in [0.2, 0.25) is 0 Å². The van der Waals surface area contributed by atoms with E-state index in [1.807, 2.05) is 24.3 Å². The van der Waals surface area contributed by atoms with Gasteiger partial charge in [-0.05, 0) is 42.8 Å². The number of nitrogens with zero attached hydrogens (tertiary/aromatic N) is 2. The fourth-order valence-electron chi connectivity index (χ4n) is 3.67. The highest BCUT2D eigenvalue weighted by Gasteiger charge is 2.41. The number of amides is 1. The molecule has 5 rings (SSSR count). The van der Waals surface area contributed by atoms with E-state index < -0.39 is 0 Å². The second kappa shape index (κ2) is 6.35. The third-order valence-corrected chi connectivity index (χ3v) is 5.44. The molecular formula is C22H19N3OS. The SMILES string of the molecule is O=C1/C(=C/c2cn(Cc3ccccc3)c3ccccc23)NC(=S)N1C1CC1. The Kier molecular flexibility index (Phi) is 3.83. The zero-order chi connectivity index (χ0) is 18.4. The summed E-state index contributed by atoms with van der Waals surface area (Å²) in [6, 6.07) is 19.0. The van der Waals surface area contributed by atoms with Crippen LogP contribution in [0.4, 0.5) is 0 Å². The zero-order valence-corrected chi connectivity index (χ0v) is 15.6. The Balaban J connectivity index is 1.54. The molecule has 2 heterocycles. The van der Waals surface area contributed by atoms with E-state index in [4.69, 9.17) is 12.2 Å². The van der Waals surface area contributed by atoms with E-state index in [-0.39, 0.29) is 11.9 Å². The molecule has 0 unspecified atom stereocenters. The summed E-state index contributed by atoms with van der Waals surface area (Å²) >= 11 is 5.36. The maximum atomic E-state index is 12.7. The molecule has 1 saturated carbocycles. The van der Waals surface area contributed by atoms with Gasteiger partial charge in [0.05, 0.1) is 0 Å². The lowest BCUT2D eigenvalue weighted by Gasteiger charge is -2.11. The molecule has 27 heavy (non-hydrogen) atoms. The average molecular weight is 373 g/mol. The van der Waals surface area contributed by atoms with Crippen LogP contribution in [0.3, 0.4) is 0 Å². The number of carbonyl (C=O) groups is 1. The molecule has 2 aromatic carbocycles. The van der Waals surface area contributed by atoms with Crippen LogP contribution in [0.1, 0.15) is 24.0 Å². The van der Waals surface area contributed by atoms with Gasteiger partial charge in [0.25, 0.3) is 5.91 Å². The molecule has 1 aromatic heterocycles. The highest BCUT2D eigenvalue weighted by Crippen LogP contribution is 2.32. The van der Waals surface area contributed by atoms with E-state index in [1.54, 1.807) is 4.90 Å². The Morgan fingerprint density at radius 1 is 1.07 bits per heavy atom. The average Bonchev–Trinajstić information content (AvgIpc) is 3.40. The molecule has 0 radical (unpaired) electrons. The van der Waals surface area contributed by atoms with E-state index in [0.29, 0.717) is 10.8 Å². The van der Waals surface area contributed by atoms with Crippen molar-refractivity contribution in [2.24, 2.45) is 0 Å². The van der Waals surface area contributed by atoms with E-state index in [1.165, 1.54) is 5.56 Å². The zero-order valence-electron chi connectivity index (χ0n) is 14.8. The standard InChI is InChI=1S/C22H19N3OS/c26-21-19(23-22(27)25(21)17-10-11-17)12-16-14-24(13-15-6-2-1-3-7-15)20-9-5-4-8-18(16)20/h1-9,12,14,17H,10-11,13H2,(H,23,27)/b19-12-. The predicted octanol–water partition coefficient (Wildman–Crippen LogP) is 3.91. The summed E-state index contributed by atoms with van der Waals surface area (Å²) in [5, 5.41) is 4.77. The molecule has 1 saturated heterocycles. The number of carbonyl (C=O) groups excluding carboxylic acids is 1. The lowest BCUT2D eigenvalue weighted by Crippen LogP contribution is -2.32. The maximum Gasteiger partial charge on any atom is 0.276 e. The summed E-state index contributed by atoms with van der Waals surface area (Å²) in [7, 11) is 0. The van der Waals surface area contributed by atoms with Crippen LogP contribution < -0.4 is 5.32 Å². The van der Waals surface area contributed by atoms with Crippen LogP contribution in [-0.2, 0) is 11.3 Å². The van der Waals surface area contributed by atoms with Crippen LogP contribution in [0.25, 0.3) is 17.0 Å². The van der Waals surface area contributed by atoms with Crippen LogP contribution in [-0.4, -0.2) is 26.5 Å². The van der Waals surface area contributed by atoms with Gasteiger partial charge in [-0.3, -0.25) is 9.69 Å². The number of thiocarbonyl (C=S) groups is 1. The van der Waals surface area contributed by atoms with Crippen molar-refractivity contribution >= 4 is 40.2 Å². The van der Waals surface area contributed by atoms with Gasteiger partial charge in [0.15, 0.2) is 5.11 Å². The highest BCUT2D eigenvalue weighted by molar-refractivity contribution is 7.80. The molecule has 0 bridgehead atoms. The van der Waals surface area contributed by atoms with E-state index in [9.17, 15) is 4.79 Å². The van der Waals surface area contributed by atoms with Crippen molar-refractivity contribution in [2.75, 3.05) is 0 Å². The lowest BCUT2D eigenvalue weighted by atomic mass is 10.1. The molecule has 5 heteroatoms. The third-order valence-electron chi connectivity index (χ3n) is 5.14. The van der Waals surface area contributed by atoms with Crippen LogP contribution in [0.5, 0.6) is 0 Å². The molecule has 1 aliphatic heterocycles. The number of hydrogen-bond acceptors (Lipinski definition) is 2. The lowest BCUT2D eigenvalue weighted by molar-refractivity contribution is -0.122. The first-order valence-electron chi connectivity index (χ1n) is 9.19. The Bertz CT molecular complexity index is 1080. The van der Waals surface area contributed by atoms with Gasteiger partial charge < -0.3 is 9.88 Å². The molecule has 1 N–H and O–H groups in total. The quantitative estimate of drug-likeness (QED) is 0.557. The number of benzene rings is 2. The summed E-state index contributed by atoms with van der Waals surface area (Å²) in [5.74, 6) is -0.0117. The molecule has 3 aromatic rings. The second-order valence-corrected chi connectivity index (χ2v) is 7.50. The fraction of sp³-hybridized carbons (Fsp3) is 0.182. The minimum absolute atomic E-state index is 0.0117. The predicted molar refractivity (Wildman–Crippen MR) is 111 cm³/mol. The third kappa shape index (κ3) is 2.94. The van der Waals surface area contributed by atoms with Crippen molar-refractivity contribution in [1.29, 1.82) is 0 Å².